The first-order chi connectivity index (χ1) is 13.7. The van der Waals surface area contributed by atoms with Crippen LogP contribution in [0.3, 0.4) is 0 Å². The van der Waals surface area contributed by atoms with E-state index in [0.717, 1.165) is 58.5 Å². The van der Waals surface area contributed by atoms with Crippen molar-refractivity contribution < 1.29 is 9.47 Å². The van der Waals surface area contributed by atoms with E-state index in [4.69, 9.17) is 9.47 Å². The molecule has 0 saturated carbocycles. The van der Waals surface area contributed by atoms with Crippen LogP contribution >= 0.6 is 0 Å². The minimum atomic E-state index is 0.252. The molecule has 3 unspecified atom stereocenters. The van der Waals surface area contributed by atoms with Crippen LogP contribution in [0, 0.1) is 5.92 Å². The number of hydrogen-bond acceptors (Lipinski definition) is 5. The van der Waals surface area contributed by atoms with Gasteiger partial charge in [0.2, 0.25) is 0 Å². The fourth-order valence-corrected chi connectivity index (χ4v) is 4.98. The van der Waals surface area contributed by atoms with Crippen LogP contribution in [0.15, 0.2) is 4.99 Å². The van der Waals surface area contributed by atoms with Crippen LogP contribution in [0.2, 0.25) is 0 Å². The van der Waals surface area contributed by atoms with Crippen molar-refractivity contribution in [2.45, 2.75) is 57.7 Å². The molecule has 0 radical (unpaired) electrons. The van der Waals surface area contributed by atoms with Gasteiger partial charge in [-0.1, -0.05) is 26.7 Å². The van der Waals surface area contributed by atoms with Crippen LogP contribution < -0.4 is 10.6 Å². The molecule has 0 amide bonds. The average molecular weight is 396 g/mol. The highest BCUT2D eigenvalue weighted by Crippen LogP contribution is 2.22. The largest absolute Gasteiger partial charge is 0.379 e. The van der Waals surface area contributed by atoms with E-state index in [1.807, 2.05) is 7.05 Å². The molecular formula is C21H41N5O2. The highest BCUT2D eigenvalue weighted by molar-refractivity contribution is 5.79. The SMILES string of the molecule is CCC(CC)C(CNC(=NC)NCC1CN2CCCC2CO1)N1CCOCC1. The fourth-order valence-electron chi connectivity index (χ4n) is 4.98. The Kier molecular flexibility index (Phi) is 8.83. The van der Waals surface area contributed by atoms with Crippen molar-refractivity contribution in [2.24, 2.45) is 10.9 Å². The van der Waals surface area contributed by atoms with E-state index in [1.54, 1.807) is 0 Å². The Morgan fingerprint density at radius 3 is 2.64 bits per heavy atom. The van der Waals surface area contributed by atoms with Gasteiger partial charge in [-0.05, 0) is 25.3 Å². The molecule has 3 rings (SSSR count). The number of guanidine groups is 1. The van der Waals surface area contributed by atoms with Crippen LogP contribution in [-0.4, -0.2) is 100 Å². The zero-order chi connectivity index (χ0) is 19.8. The molecule has 0 bridgehead atoms. The highest BCUT2D eigenvalue weighted by Gasteiger charge is 2.32. The number of nitrogens with zero attached hydrogens (tertiary/aromatic N) is 3. The number of fused-ring (bicyclic) bond motifs is 1. The van der Waals surface area contributed by atoms with Gasteiger partial charge in [-0.25, -0.2) is 0 Å². The second-order valence-electron chi connectivity index (χ2n) is 8.37. The lowest BCUT2D eigenvalue weighted by Crippen LogP contribution is -2.55. The number of morpholine rings is 2. The Labute approximate surface area is 171 Å². The van der Waals surface area contributed by atoms with Crippen molar-refractivity contribution in [3.05, 3.63) is 0 Å². The van der Waals surface area contributed by atoms with E-state index in [2.05, 4.69) is 39.3 Å². The number of ether oxygens (including phenoxy) is 2. The normalized spacial score (nSPS) is 28.4. The van der Waals surface area contributed by atoms with Gasteiger partial charge in [0, 0.05) is 51.9 Å². The first kappa shape index (κ1) is 21.8. The molecule has 28 heavy (non-hydrogen) atoms. The van der Waals surface area contributed by atoms with Crippen LogP contribution in [-0.2, 0) is 9.47 Å². The standard InChI is InChI=1S/C21H41N5O2/c1-4-17(5-2)20(25-9-11-27-12-10-25)14-24-21(22-3)23-13-19-15-26-8-6-7-18(26)16-28-19/h17-20H,4-16H2,1-3H3,(H2,22,23,24). The van der Waals surface area contributed by atoms with Gasteiger partial charge in [-0.3, -0.25) is 14.8 Å². The Hall–Kier alpha value is -0.890. The lowest BCUT2D eigenvalue weighted by atomic mass is 9.92. The minimum absolute atomic E-state index is 0.252. The summed E-state index contributed by atoms with van der Waals surface area (Å²) in [6.45, 7) is 13.3. The van der Waals surface area contributed by atoms with E-state index in [-0.39, 0.29) is 6.10 Å². The summed E-state index contributed by atoms with van der Waals surface area (Å²) in [7, 11) is 1.86. The van der Waals surface area contributed by atoms with Crippen molar-refractivity contribution in [1.82, 2.24) is 20.4 Å². The van der Waals surface area contributed by atoms with Crippen molar-refractivity contribution in [2.75, 3.05) is 66.1 Å². The van der Waals surface area contributed by atoms with E-state index < -0.39 is 0 Å². The molecule has 3 heterocycles. The molecular weight excluding hydrogens is 354 g/mol. The molecule has 0 aromatic carbocycles. The lowest BCUT2D eigenvalue weighted by Gasteiger charge is -2.39. The number of rotatable bonds is 8. The molecule has 3 atom stereocenters. The Morgan fingerprint density at radius 1 is 1.14 bits per heavy atom. The summed E-state index contributed by atoms with van der Waals surface area (Å²) < 4.78 is 11.6. The predicted molar refractivity (Wildman–Crippen MR) is 114 cm³/mol. The number of nitrogens with one attached hydrogen (secondary N) is 2. The second kappa shape index (κ2) is 11.3. The maximum atomic E-state index is 6.07. The van der Waals surface area contributed by atoms with E-state index in [9.17, 15) is 0 Å². The Bertz CT molecular complexity index is 479. The summed E-state index contributed by atoms with van der Waals surface area (Å²) in [6, 6.07) is 1.18. The van der Waals surface area contributed by atoms with Crippen LogP contribution in [0.4, 0.5) is 0 Å². The summed E-state index contributed by atoms with van der Waals surface area (Å²) in [5.74, 6) is 1.58. The molecule has 162 valence electrons. The third-order valence-corrected chi connectivity index (χ3v) is 6.77. The first-order valence-electron chi connectivity index (χ1n) is 11.4. The molecule has 0 aromatic rings. The van der Waals surface area contributed by atoms with Crippen LogP contribution in [0.25, 0.3) is 0 Å². The number of aliphatic imine (C=N–C) groups is 1. The van der Waals surface area contributed by atoms with E-state index in [0.29, 0.717) is 18.0 Å². The molecule has 3 aliphatic heterocycles. The molecule has 0 spiro atoms. The summed E-state index contributed by atoms with van der Waals surface area (Å²) in [5, 5.41) is 7.09. The quantitative estimate of drug-likeness (QED) is 0.475. The smallest absolute Gasteiger partial charge is 0.191 e. The van der Waals surface area contributed by atoms with E-state index >= 15 is 0 Å². The monoisotopic (exact) mass is 395 g/mol. The predicted octanol–water partition coefficient (Wildman–Crippen LogP) is 1.15. The van der Waals surface area contributed by atoms with Crippen molar-refractivity contribution in [1.29, 1.82) is 0 Å². The zero-order valence-corrected chi connectivity index (χ0v) is 18.2. The zero-order valence-electron chi connectivity index (χ0n) is 18.2. The third kappa shape index (κ3) is 5.81. The molecule has 3 aliphatic rings. The van der Waals surface area contributed by atoms with Gasteiger partial charge in [0.1, 0.15) is 0 Å². The van der Waals surface area contributed by atoms with Gasteiger partial charge < -0.3 is 20.1 Å². The van der Waals surface area contributed by atoms with Crippen molar-refractivity contribution in [3.8, 4) is 0 Å². The molecule has 7 nitrogen and oxygen atoms in total. The summed E-state index contributed by atoms with van der Waals surface area (Å²) in [4.78, 5) is 9.64. The highest BCUT2D eigenvalue weighted by atomic mass is 16.5. The van der Waals surface area contributed by atoms with E-state index in [1.165, 1.54) is 32.2 Å². The molecule has 2 N–H and O–H groups in total. The van der Waals surface area contributed by atoms with Crippen LogP contribution in [0.1, 0.15) is 39.5 Å². The maximum Gasteiger partial charge on any atom is 0.191 e. The van der Waals surface area contributed by atoms with Crippen LogP contribution in [0.5, 0.6) is 0 Å². The van der Waals surface area contributed by atoms with Crippen molar-refractivity contribution in [3.63, 3.8) is 0 Å². The van der Waals surface area contributed by atoms with Gasteiger partial charge in [0.05, 0.1) is 25.9 Å². The number of hydrogen-bond donors (Lipinski definition) is 2. The summed E-state index contributed by atoms with van der Waals surface area (Å²) in [6.07, 6.45) is 5.28. The Morgan fingerprint density at radius 2 is 1.93 bits per heavy atom. The molecule has 3 saturated heterocycles. The molecule has 3 fully saturated rings. The van der Waals surface area contributed by atoms with Gasteiger partial charge in [0.15, 0.2) is 5.96 Å². The molecule has 0 aromatic heterocycles. The molecule has 0 aliphatic carbocycles. The van der Waals surface area contributed by atoms with Gasteiger partial charge >= 0.3 is 0 Å². The summed E-state index contributed by atoms with van der Waals surface area (Å²) >= 11 is 0. The second-order valence-corrected chi connectivity index (χ2v) is 8.37. The third-order valence-electron chi connectivity index (χ3n) is 6.77. The lowest BCUT2D eigenvalue weighted by molar-refractivity contribution is -0.0453. The molecule has 7 heteroatoms. The van der Waals surface area contributed by atoms with Crippen molar-refractivity contribution >= 4 is 5.96 Å². The average Bonchev–Trinajstić information content (AvgIpc) is 3.21. The van der Waals surface area contributed by atoms with Gasteiger partial charge in [-0.2, -0.15) is 0 Å². The first-order valence-corrected chi connectivity index (χ1v) is 11.4. The fraction of sp³-hybridized carbons (Fsp3) is 0.952. The summed E-state index contributed by atoms with van der Waals surface area (Å²) in [5.41, 5.74) is 0. The minimum Gasteiger partial charge on any atom is -0.379 e. The Balaban J connectivity index is 1.46. The van der Waals surface area contributed by atoms with Gasteiger partial charge in [-0.15, -0.1) is 0 Å². The maximum absolute atomic E-state index is 6.07. The topological polar surface area (TPSA) is 61.4 Å². The van der Waals surface area contributed by atoms with Gasteiger partial charge in [0.25, 0.3) is 0 Å².